The van der Waals surface area contributed by atoms with Crippen LogP contribution in [0.3, 0.4) is 0 Å². The first-order valence-corrected chi connectivity index (χ1v) is 16.6. The average Bonchev–Trinajstić information content (AvgIpc) is 2.90. The van der Waals surface area contributed by atoms with Gasteiger partial charge in [-0.1, -0.05) is 30.7 Å². The SMILES string of the molecule is CCCOc1c(OC)c(-c2ccc(OS(C)(=O)=O)cc2)cc(OC)c1-c1ccc(OCC=C(C)C)c(OS(C)(=O)=O)c1. The summed E-state index contributed by atoms with van der Waals surface area (Å²) in [7, 11) is -4.55. The molecular weight excluding hydrogens is 584 g/mol. The van der Waals surface area contributed by atoms with Crippen molar-refractivity contribution < 1.29 is 44.1 Å². The van der Waals surface area contributed by atoms with E-state index in [-0.39, 0.29) is 23.9 Å². The van der Waals surface area contributed by atoms with Crippen LogP contribution in [0.4, 0.5) is 0 Å². The third-order valence-electron chi connectivity index (χ3n) is 5.69. The number of benzene rings is 3. The van der Waals surface area contributed by atoms with Gasteiger partial charge in [0.2, 0.25) is 0 Å². The number of ether oxygens (including phenoxy) is 4. The topological polar surface area (TPSA) is 124 Å². The molecule has 0 aliphatic carbocycles. The molecule has 0 bridgehead atoms. The highest BCUT2D eigenvalue weighted by Crippen LogP contribution is 2.51. The summed E-state index contributed by atoms with van der Waals surface area (Å²) in [4.78, 5) is 0. The van der Waals surface area contributed by atoms with Crippen molar-refractivity contribution >= 4 is 20.2 Å². The Morgan fingerprint density at radius 2 is 1.38 bits per heavy atom. The normalized spacial score (nSPS) is 11.4. The molecular formula is C30H36O10S2. The summed E-state index contributed by atoms with van der Waals surface area (Å²) in [6.07, 6.45) is 4.49. The molecule has 0 aliphatic rings. The van der Waals surface area contributed by atoms with Crippen molar-refractivity contribution in [2.24, 2.45) is 0 Å². The Morgan fingerprint density at radius 3 is 1.93 bits per heavy atom. The second-order valence-electron chi connectivity index (χ2n) is 9.57. The van der Waals surface area contributed by atoms with Gasteiger partial charge in [-0.2, -0.15) is 16.8 Å². The van der Waals surface area contributed by atoms with Gasteiger partial charge in [-0.05, 0) is 67.8 Å². The minimum Gasteiger partial charge on any atom is -0.496 e. The minimum absolute atomic E-state index is 0.00478. The van der Waals surface area contributed by atoms with E-state index in [2.05, 4.69) is 0 Å². The molecule has 3 rings (SSSR count). The van der Waals surface area contributed by atoms with Crippen molar-refractivity contribution in [2.75, 3.05) is 39.9 Å². The number of methoxy groups -OCH3 is 2. The van der Waals surface area contributed by atoms with Crippen LogP contribution in [0, 0.1) is 0 Å². The third kappa shape index (κ3) is 8.80. The van der Waals surface area contributed by atoms with E-state index in [0.717, 1.165) is 18.1 Å². The van der Waals surface area contributed by atoms with Gasteiger partial charge in [-0.3, -0.25) is 0 Å². The summed E-state index contributed by atoms with van der Waals surface area (Å²) in [6, 6.07) is 13.1. The van der Waals surface area contributed by atoms with Crippen LogP contribution in [0.5, 0.6) is 34.5 Å². The van der Waals surface area contributed by atoms with Gasteiger partial charge in [0.25, 0.3) is 0 Å². The number of hydrogen-bond donors (Lipinski definition) is 0. The molecule has 0 aromatic heterocycles. The van der Waals surface area contributed by atoms with Gasteiger partial charge in [0.15, 0.2) is 23.0 Å². The molecule has 0 N–H and O–H groups in total. The van der Waals surface area contributed by atoms with E-state index in [4.69, 9.17) is 27.3 Å². The Balaban J connectivity index is 2.24. The van der Waals surface area contributed by atoms with Crippen molar-refractivity contribution in [3.8, 4) is 56.8 Å². The third-order valence-corrected chi connectivity index (χ3v) is 6.67. The van der Waals surface area contributed by atoms with Crippen LogP contribution >= 0.6 is 0 Å². The standard InChI is InChI=1S/C30H36O10S2/c1-8-16-38-30-28(22-11-14-25(37-17-15-20(2)3)26(18-22)40-42(7,33)34)27(35-4)19-24(29(30)36-5)21-9-12-23(13-10-21)39-41(6,31)32/h9-15,18-19H,8,16-17H2,1-7H3. The first-order valence-electron chi connectivity index (χ1n) is 13.0. The van der Waals surface area contributed by atoms with Crippen molar-refractivity contribution in [2.45, 2.75) is 27.2 Å². The summed E-state index contributed by atoms with van der Waals surface area (Å²) in [5.41, 5.74) is 3.39. The summed E-state index contributed by atoms with van der Waals surface area (Å²) in [5.74, 6) is 1.59. The van der Waals surface area contributed by atoms with E-state index in [1.165, 1.54) is 26.4 Å². The van der Waals surface area contributed by atoms with Crippen LogP contribution < -0.4 is 27.3 Å². The van der Waals surface area contributed by atoms with Crippen LogP contribution in [0.25, 0.3) is 22.3 Å². The summed E-state index contributed by atoms with van der Waals surface area (Å²) >= 11 is 0. The molecule has 0 heterocycles. The molecule has 0 fully saturated rings. The van der Waals surface area contributed by atoms with Gasteiger partial charge in [0.1, 0.15) is 18.1 Å². The Hall–Kier alpha value is -3.90. The predicted molar refractivity (Wildman–Crippen MR) is 162 cm³/mol. The second-order valence-corrected chi connectivity index (χ2v) is 12.7. The lowest BCUT2D eigenvalue weighted by molar-refractivity contribution is 0.294. The van der Waals surface area contributed by atoms with Crippen LogP contribution in [0.15, 0.2) is 60.2 Å². The van der Waals surface area contributed by atoms with E-state index in [1.54, 1.807) is 36.4 Å². The predicted octanol–water partition coefficient (Wildman–Crippen LogP) is 5.85. The van der Waals surface area contributed by atoms with E-state index in [9.17, 15) is 16.8 Å². The van der Waals surface area contributed by atoms with Gasteiger partial charge in [-0.25, -0.2) is 0 Å². The summed E-state index contributed by atoms with van der Waals surface area (Å²) < 4.78 is 81.2. The molecule has 0 atom stereocenters. The highest BCUT2D eigenvalue weighted by atomic mass is 32.2. The first kappa shape index (κ1) is 32.6. The first-order chi connectivity index (χ1) is 19.8. The van der Waals surface area contributed by atoms with Crippen LogP contribution in [-0.4, -0.2) is 56.8 Å². The van der Waals surface area contributed by atoms with E-state index in [0.29, 0.717) is 52.5 Å². The fourth-order valence-electron chi connectivity index (χ4n) is 3.98. The van der Waals surface area contributed by atoms with Crippen molar-refractivity contribution in [3.63, 3.8) is 0 Å². The fraction of sp³-hybridized carbons (Fsp3) is 0.333. The van der Waals surface area contributed by atoms with E-state index < -0.39 is 20.2 Å². The van der Waals surface area contributed by atoms with E-state index in [1.807, 2.05) is 26.8 Å². The van der Waals surface area contributed by atoms with Crippen LogP contribution in [0.2, 0.25) is 0 Å². The molecule has 3 aromatic carbocycles. The number of rotatable bonds is 14. The van der Waals surface area contributed by atoms with Crippen LogP contribution in [0.1, 0.15) is 27.2 Å². The molecule has 0 radical (unpaired) electrons. The lowest BCUT2D eigenvalue weighted by Gasteiger charge is -2.22. The second kappa shape index (κ2) is 13.8. The molecule has 10 nitrogen and oxygen atoms in total. The Morgan fingerprint density at radius 1 is 0.738 bits per heavy atom. The lowest BCUT2D eigenvalue weighted by Crippen LogP contribution is -2.08. The highest BCUT2D eigenvalue weighted by molar-refractivity contribution is 7.86. The Kier molecular flexibility index (Phi) is 10.7. The van der Waals surface area contributed by atoms with Gasteiger partial charge < -0.3 is 27.3 Å². The maximum Gasteiger partial charge on any atom is 0.306 e. The molecule has 0 saturated heterocycles. The number of allylic oxidation sites excluding steroid dienone is 1. The Bertz CT molecular complexity index is 1640. The smallest absolute Gasteiger partial charge is 0.306 e. The molecule has 42 heavy (non-hydrogen) atoms. The molecule has 12 heteroatoms. The monoisotopic (exact) mass is 620 g/mol. The molecule has 0 spiro atoms. The molecule has 228 valence electrons. The number of hydrogen-bond acceptors (Lipinski definition) is 10. The molecule has 0 unspecified atom stereocenters. The molecule has 0 saturated carbocycles. The van der Waals surface area contributed by atoms with Gasteiger partial charge in [0, 0.05) is 5.56 Å². The fourth-order valence-corrected chi connectivity index (χ4v) is 4.90. The van der Waals surface area contributed by atoms with Crippen molar-refractivity contribution in [3.05, 3.63) is 60.2 Å². The lowest BCUT2D eigenvalue weighted by atomic mass is 9.96. The summed E-state index contributed by atoms with van der Waals surface area (Å²) in [5, 5.41) is 0. The van der Waals surface area contributed by atoms with Crippen molar-refractivity contribution in [1.29, 1.82) is 0 Å². The Labute approximate surface area is 248 Å². The molecule has 0 amide bonds. The maximum absolute atomic E-state index is 12.1. The zero-order valence-electron chi connectivity index (χ0n) is 24.7. The van der Waals surface area contributed by atoms with Gasteiger partial charge in [-0.15, -0.1) is 0 Å². The minimum atomic E-state index is -3.88. The zero-order chi connectivity index (χ0) is 31.1. The van der Waals surface area contributed by atoms with Crippen LogP contribution in [-0.2, 0) is 20.2 Å². The average molecular weight is 621 g/mol. The molecule has 0 aliphatic heterocycles. The molecule has 3 aromatic rings. The zero-order valence-corrected chi connectivity index (χ0v) is 26.3. The van der Waals surface area contributed by atoms with Gasteiger partial charge >= 0.3 is 20.2 Å². The van der Waals surface area contributed by atoms with Gasteiger partial charge in [0.05, 0.1) is 38.9 Å². The summed E-state index contributed by atoms with van der Waals surface area (Å²) in [6.45, 7) is 6.41. The largest absolute Gasteiger partial charge is 0.496 e. The van der Waals surface area contributed by atoms with E-state index >= 15 is 0 Å². The quantitative estimate of drug-likeness (QED) is 0.160. The highest BCUT2D eigenvalue weighted by Gasteiger charge is 2.25. The maximum atomic E-state index is 12.1. The van der Waals surface area contributed by atoms with Crippen molar-refractivity contribution in [1.82, 2.24) is 0 Å².